The van der Waals surface area contributed by atoms with Crippen molar-refractivity contribution in [3.05, 3.63) is 36.4 Å². The first-order chi connectivity index (χ1) is 13.4. The van der Waals surface area contributed by atoms with Gasteiger partial charge in [-0.15, -0.1) is 0 Å². The molecule has 0 aliphatic heterocycles. The van der Waals surface area contributed by atoms with E-state index < -0.39 is 11.2 Å². The second-order valence-electron chi connectivity index (χ2n) is 8.78. The van der Waals surface area contributed by atoms with Gasteiger partial charge in [0.1, 0.15) is 11.2 Å². The zero-order valence-electron chi connectivity index (χ0n) is 15.5. The van der Waals surface area contributed by atoms with Gasteiger partial charge in [-0.3, -0.25) is 0 Å². The van der Waals surface area contributed by atoms with Crippen LogP contribution in [-0.2, 0) is 0 Å². The lowest BCUT2D eigenvalue weighted by Crippen LogP contribution is -2.63. The molecule has 0 aromatic heterocycles. The Labute approximate surface area is 163 Å². The van der Waals surface area contributed by atoms with E-state index in [4.69, 9.17) is 9.47 Å². The zero-order valence-corrected chi connectivity index (χ0v) is 15.5. The van der Waals surface area contributed by atoms with Crippen LogP contribution in [0, 0.1) is 11.8 Å². The molecule has 0 amide bonds. The summed E-state index contributed by atoms with van der Waals surface area (Å²) in [5.41, 5.74) is -0.941. The maximum atomic E-state index is 10.2. The fourth-order valence-electron chi connectivity index (χ4n) is 5.99. The molecule has 6 heteroatoms. The van der Waals surface area contributed by atoms with Crippen LogP contribution in [0.25, 0.3) is 0 Å². The summed E-state index contributed by atoms with van der Waals surface area (Å²) in [6.45, 7) is 0. The first-order valence-electron chi connectivity index (χ1n) is 9.77. The molecule has 4 bridgehead atoms. The summed E-state index contributed by atoms with van der Waals surface area (Å²) in [5, 5.41) is 40.0. The lowest BCUT2D eigenvalue weighted by atomic mass is 9.52. The highest BCUT2D eigenvalue weighted by Crippen LogP contribution is 2.61. The van der Waals surface area contributed by atoms with Gasteiger partial charge in [0.15, 0.2) is 23.0 Å². The van der Waals surface area contributed by atoms with E-state index in [1.807, 2.05) is 0 Å². The number of ether oxygens (including phenoxy) is 2. The third-order valence-electron chi connectivity index (χ3n) is 6.56. The second kappa shape index (κ2) is 5.87. The van der Waals surface area contributed by atoms with Crippen molar-refractivity contribution in [3.8, 4) is 34.5 Å². The first kappa shape index (κ1) is 17.3. The summed E-state index contributed by atoms with van der Waals surface area (Å²) in [4.78, 5) is 0. The van der Waals surface area contributed by atoms with Gasteiger partial charge in [0.25, 0.3) is 0 Å². The van der Waals surface area contributed by atoms with E-state index >= 15 is 0 Å². The fraction of sp³-hybridized carbons (Fsp3) is 0.455. The minimum absolute atomic E-state index is 0.196. The van der Waals surface area contributed by atoms with E-state index in [0.717, 1.165) is 32.1 Å². The van der Waals surface area contributed by atoms with Gasteiger partial charge in [-0.25, -0.2) is 0 Å². The fourth-order valence-corrected chi connectivity index (χ4v) is 5.99. The Bertz CT molecular complexity index is 838. The SMILES string of the molecule is Oc1cccc(OC23CC4CC(C2)CC(Oc2cccc(O)c2O)(C4)C3)c1O. The molecule has 4 aliphatic carbocycles. The Hall–Kier alpha value is -2.76. The van der Waals surface area contributed by atoms with Crippen molar-refractivity contribution >= 4 is 0 Å². The maximum Gasteiger partial charge on any atom is 0.200 e. The number of rotatable bonds is 4. The number of aromatic hydroxyl groups is 4. The predicted octanol–water partition coefficient (Wildman–Crippen LogP) is 4.06. The topological polar surface area (TPSA) is 99.4 Å². The van der Waals surface area contributed by atoms with E-state index in [1.165, 1.54) is 12.1 Å². The quantitative estimate of drug-likeness (QED) is 0.594. The van der Waals surface area contributed by atoms with Crippen LogP contribution in [0.4, 0.5) is 0 Å². The van der Waals surface area contributed by atoms with Crippen LogP contribution in [0.2, 0.25) is 0 Å². The summed E-state index contributed by atoms with van der Waals surface area (Å²) in [6.07, 6.45) is 5.31. The molecule has 4 N–H and O–H groups in total. The van der Waals surface area contributed by atoms with E-state index in [9.17, 15) is 20.4 Å². The van der Waals surface area contributed by atoms with Crippen molar-refractivity contribution in [1.82, 2.24) is 0 Å². The molecule has 2 aromatic carbocycles. The molecule has 0 heterocycles. The van der Waals surface area contributed by atoms with Crippen molar-refractivity contribution in [3.63, 3.8) is 0 Å². The molecular formula is C22H24O6. The smallest absolute Gasteiger partial charge is 0.200 e. The summed E-state index contributed by atoms with van der Waals surface area (Å²) in [5.74, 6) is 0.600. The minimum atomic E-state index is -0.470. The van der Waals surface area contributed by atoms with Crippen LogP contribution < -0.4 is 9.47 Å². The van der Waals surface area contributed by atoms with Gasteiger partial charge in [-0.2, -0.15) is 0 Å². The number of benzene rings is 2. The van der Waals surface area contributed by atoms with Crippen LogP contribution in [0.1, 0.15) is 38.5 Å². The van der Waals surface area contributed by atoms with Gasteiger partial charge in [-0.05, 0) is 68.2 Å². The number of para-hydroxylation sites is 2. The molecule has 2 aromatic rings. The lowest BCUT2D eigenvalue weighted by Gasteiger charge is -2.60. The van der Waals surface area contributed by atoms with Crippen molar-refractivity contribution < 1.29 is 29.9 Å². The first-order valence-corrected chi connectivity index (χ1v) is 9.77. The average Bonchev–Trinajstić information content (AvgIpc) is 2.61. The highest BCUT2D eigenvalue weighted by atomic mass is 16.5. The number of phenolic OH excluding ortho intramolecular Hbond substituents is 4. The van der Waals surface area contributed by atoms with E-state index in [2.05, 4.69) is 0 Å². The van der Waals surface area contributed by atoms with Crippen LogP contribution in [-0.4, -0.2) is 31.6 Å². The van der Waals surface area contributed by atoms with Crippen molar-refractivity contribution in [1.29, 1.82) is 0 Å². The van der Waals surface area contributed by atoms with Crippen LogP contribution in [0.3, 0.4) is 0 Å². The molecule has 0 spiro atoms. The van der Waals surface area contributed by atoms with Gasteiger partial charge in [0.05, 0.1) is 0 Å². The molecule has 0 saturated heterocycles. The van der Waals surface area contributed by atoms with E-state index in [-0.39, 0.29) is 34.5 Å². The molecule has 6 rings (SSSR count). The average molecular weight is 384 g/mol. The Morgan fingerprint density at radius 1 is 0.679 bits per heavy atom. The van der Waals surface area contributed by atoms with Gasteiger partial charge < -0.3 is 29.9 Å². The highest BCUT2D eigenvalue weighted by Gasteiger charge is 2.61. The molecule has 4 saturated carbocycles. The summed E-state index contributed by atoms with van der Waals surface area (Å²) < 4.78 is 12.7. The third-order valence-corrected chi connectivity index (χ3v) is 6.56. The summed E-state index contributed by atoms with van der Waals surface area (Å²) in [7, 11) is 0. The Kier molecular flexibility index (Phi) is 3.63. The van der Waals surface area contributed by atoms with Crippen molar-refractivity contribution in [2.24, 2.45) is 11.8 Å². The van der Waals surface area contributed by atoms with Crippen LogP contribution >= 0.6 is 0 Å². The van der Waals surface area contributed by atoms with Gasteiger partial charge >= 0.3 is 0 Å². The normalized spacial score (nSPS) is 33.0. The molecule has 4 aliphatic rings. The number of hydrogen-bond acceptors (Lipinski definition) is 6. The van der Waals surface area contributed by atoms with Gasteiger partial charge in [0.2, 0.25) is 11.5 Å². The molecule has 0 unspecified atom stereocenters. The third kappa shape index (κ3) is 2.70. The van der Waals surface area contributed by atoms with Crippen molar-refractivity contribution in [2.45, 2.75) is 49.7 Å². The van der Waals surface area contributed by atoms with Crippen LogP contribution in [0.15, 0.2) is 36.4 Å². The lowest BCUT2D eigenvalue weighted by molar-refractivity contribution is -0.177. The molecule has 4 fully saturated rings. The van der Waals surface area contributed by atoms with Crippen LogP contribution in [0.5, 0.6) is 34.5 Å². The molecule has 148 valence electrons. The molecule has 28 heavy (non-hydrogen) atoms. The predicted molar refractivity (Wildman–Crippen MR) is 101 cm³/mol. The van der Waals surface area contributed by atoms with Gasteiger partial charge in [-0.1, -0.05) is 12.1 Å². The van der Waals surface area contributed by atoms with Gasteiger partial charge in [0, 0.05) is 6.42 Å². The maximum absolute atomic E-state index is 10.2. The Morgan fingerprint density at radius 2 is 1.11 bits per heavy atom. The summed E-state index contributed by atoms with van der Waals surface area (Å²) >= 11 is 0. The largest absolute Gasteiger partial charge is 0.504 e. The standard InChI is InChI=1S/C22H24O6/c23-15-3-1-5-17(19(15)25)27-21-8-13-7-14(9-21)11-22(10-13,12-21)28-18-6-2-4-16(24)20(18)26/h1-6,13-14,23-26H,7-12H2. The highest BCUT2D eigenvalue weighted by molar-refractivity contribution is 5.50. The molecule has 6 nitrogen and oxygen atoms in total. The van der Waals surface area contributed by atoms with E-state index in [0.29, 0.717) is 18.3 Å². The Morgan fingerprint density at radius 3 is 1.54 bits per heavy atom. The molecule has 0 radical (unpaired) electrons. The van der Waals surface area contributed by atoms with E-state index in [1.54, 1.807) is 24.3 Å². The number of phenols is 4. The summed E-state index contributed by atoms with van der Waals surface area (Å²) in [6, 6.07) is 9.50. The van der Waals surface area contributed by atoms with Crippen molar-refractivity contribution in [2.75, 3.05) is 0 Å². The minimum Gasteiger partial charge on any atom is -0.504 e. The molecular weight excluding hydrogens is 360 g/mol. The molecule has 0 atom stereocenters. The second-order valence-corrected chi connectivity index (χ2v) is 8.78. The monoisotopic (exact) mass is 384 g/mol. The number of hydrogen-bond donors (Lipinski definition) is 4. The Balaban J connectivity index is 1.47. The zero-order chi connectivity index (χ0) is 19.5.